The Morgan fingerprint density at radius 1 is 1.50 bits per heavy atom. The summed E-state index contributed by atoms with van der Waals surface area (Å²) in [5, 5.41) is 13.2. The molecule has 96 valence electrons. The molecule has 0 aromatic carbocycles. The van der Waals surface area contributed by atoms with Gasteiger partial charge in [0, 0.05) is 19.1 Å². The number of likely N-dealkylation sites (tertiary alicyclic amines) is 1. The molecule has 0 aromatic rings. The molecule has 0 radical (unpaired) electrons. The molecule has 0 aromatic heterocycles. The molecule has 3 heteroatoms. The lowest BCUT2D eigenvalue weighted by molar-refractivity contribution is 0.0431. The fourth-order valence-electron chi connectivity index (χ4n) is 2.47. The summed E-state index contributed by atoms with van der Waals surface area (Å²) >= 11 is 0. The maximum atomic E-state index is 9.66. The van der Waals surface area contributed by atoms with Gasteiger partial charge < -0.3 is 15.3 Å². The first-order valence-electron chi connectivity index (χ1n) is 6.59. The normalized spacial score (nSPS) is 25.7. The summed E-state index contributed by atoms with van der Waals surface area (Å²) in [5.41, 5.74) is 0.257. The quantitative estimate of drug-likeness (QED) is 0.748. The van der Waals surface area contributed by atoms with Crippen LogP contribution in [0.15, 0.2) is 0 Å². The van der Waals surface area contributed by atoms with E-state index in [4.69, 9.17) is 0 Å². The molecule has 1 heterocycles. The Balaban J connectivity index is 2.44. The van der Waals surface area contributed by atoms with Gasteiger partial charge in [0.05, 0.1) is 6.10 Å². The van der Waals surface area contributed by atoms with E-state index >= 15 is 0 Å². The highest BCUT2D eigenvalue weighted by atomic mass is 16.3. The minimum Gasteiger partial charge on any atom is -0.392 e. The fourth-order valence-corrected chi connectivity index (χ4v) is 2.47. The average molecular weight is 228 g/mol. The highest BCUT2D eigenvalue weighted by molar-refractivity contribution is 4.85. The molecule has 0 amide bonds. The molecule has 1 rings (SSSR count). The van der Waals surface area contributed by atoms with E-state index in [1.807, 2.05) is 0 Å². The Morgan fingerprint density at radius 3 is 2.75 bits per heavy atom. The Morgan fingerprint density at radius 2 is 2.19 bits per heavy atom. The minimum atomic E-state index is -0.112. The molecule has 3 nitrogen and oxygen atoms in total. The molecule has 16 heavy (non-hydrogen) atoms. The van der Waals surface area contributed by atoms with E-state index in [1.54, 1.807) is 0 Å². The van der Waals surface area contributed by atoms with Gasteiger partial charge in [-0.25, -0.2) is 0 Å². The van der Waals surface area contributed by atoms with E-state index in [0.29, 0.717) is 6.04 Å². The lowest BCUT2D eigenvalue weighted by Crippen LogP contribution is -2.49. The predicted molar refractivity (Wildman–Crippen MR) is 68.6 cm³/mol. The molecule has 1 aliphatic heterocycles. The summed E-state index contributed by atoms with van der Waals surface area (Å²) in [4.78, 5) is 2.40. The summed E-state index contributed by atoms with van der Waals surface area (Å²) in [6.07, 6.45) is 1.99. The lowest BCUT2D eigenvalue weighted by atomic mass is 9.84. The topological polar surface area (TPSA) is 35.5 Å². The van der Waals surface area contributed by atoms with Crippen molar-refractivity contribution in [3.63, 3.8) is 0 Å². The molecule has 2 N–H and O–H groups in total. The first-order valence-corrected chi connectivity index (χ1v) is 6.59. The van der Waals surface area contributed by atoms with Crippen molar-refractivity contribution in [2.24, 2.45) is 5.41 Å². The summed E-state index contributed by atoms with van der Waals surface area (Å²) in [5.74, 6) is 0. The van der Waals surface area contributed by atoms with Crippen molar-refractivity contribution in [2.45, 2.75) is 52.7 Å². The lowest BCUT2D eigenvalue weighted by Gasteiger charge is -2.40. The smallest absolute Gasteiger partial charge is 0.0667 e. The number of nitrogens with one attached hydrogen (secondary N) is 1. The third kappa shape index (κ3) is 4.04. The van der Waals surface area contributed by atoms with E-state index in [1.165, 1.54) is 0 Å². The van der Waals surface area contributed by atoms with Gasteiger partial charge in [-0.3, -0.25) is 0 Å². The van der Waals surface area contributed by atoms with Gasteiger partial charge in [0.15, 0.2) is 0 Å². The standard InChI is InChI=1S/C13H28N2O/c1-5-14-11(2)13(3,4)10-15-8-6-7-12(16)9-15/h11-12,14,16H,5-10H2,1-4H3. The van der Waals surface area contributed by atoms with E-state index in [0.717, 1.165) is 39.0 Å². The maximum Gasteiger partial charge on any atom is 0.0667 e. The molecule has 1 saturated heterocycles. The first kappa shape index (κ1) is 13.9. The Kier molecular flexibility index (Phi) is 5.22. The van der Waals surface area contributed by atoms with Crippen molar-refractivity contribution in [1.82, 2.24) is 10.2 Å². The van der Waals surface area contributed by atoms with Crippen LogP contribution in [-0.2, 0) is 0 Å². The van der Waals surface area contributed by atoms with Crippen LogP contribution in [0.2, 0.25) is 0 Å². The maximum absolute atomic E-state index is 9.66. The molecular formula is C13H28N2O. The van der Waals surface area contributed by atoms with Gasteiger partial charge in [-0.15, -0.1) is 0 Å². The Bertz CT molecular complexity index is 206. The van der Waals surface area contributed by atoms with Crippen LogP contribution >= 0.6 is 0 Å². The van der Waals surface area contributed by atoms with Crippen molar-refractivity contribution in [3.8, 4) is 0 Å². The van der Waals surface area contributed by atoms with Crippen LogP contribution in [0.3, 0.4) is 0 Å². The first-order chi connectivity index (χ1) is 7.45. The molecule has 1 fully saturated rings. The second kappa shape index (κ2) is 5.99. The van der Waals surface area contributed by atoms with Crippen LogP contribution in [0.4, 0.5) is 0 Å². The number of hydrogen-bond donors (Lipinski definition) is 2. The average Bonchev–Trinajstić information content (AvgIpc) is 2.17. The van der Waals surface area contributed by atoms with Gasteiger partial charge in [0.25, 0.3) is 0 Å². The highest BCUT2D eigenvalue weighted by Crippen LogP contribution is 2.24. The summed E-state index contributed by atoms with van der Waals surface area (Å²) < 4.78 is 0. The van der Waals surface area contributed by atoms with Gasteiger partial charge in [-0.1, -0.05) is 20.8 Å². The third-order valence-electron chi connectivity index (χ3n) is 3.79. The minimum absolute atomic E-state index is 0.112. The van der Waals surface area contributed by atoms with E-state index < -0.39 is 0 Å². The van der Waals surface area contributed by atoms with Crippen LogP contribution in [0, 0.1) is 5.41 Å². The van der Waals surface area contributed by atoms with Crippen LogP contribution < -0.4 is 5.32 Å². The summed E-state index contributed by atoms with van der Waals surface area (Å²) in [7, 11) is 0. The molecule has 0 spiro atoms. The zero-order valence-corrected chi connectivity index (χ0v) is 11.3. The predicted octanol–water partition coefficient (Wildman–Crippen LogP) is 1.47. The number of aliphatic hydroxyl groups excluding tert-OH is 1. The van der Waals surface area contributed by atoms with Gasteiger partial charge >= 0.3 is 0 Å². The van der Waals surface area contributed by atoms with Crippen molar-refractivity contribution in [3.05, 3.63) is 0 Å². The van der Waals surface area contributed by atoms with Crippen LogP contribution in [0.5, 0.6) is 0 Å². The Hall–Kier alpha value is -0.120. The largest absolute Gasteiger partial charge is 0.392 e. The van der Waals surface area contributed by atoms with Gasteiger partial charge in [-0.2, -0.15) is 0 Å². The van der Waals surface area contributed by atoms with Gasteiger partial charge in [0.1, 0.15) is 0 Å². The number of hydrogen-bond acceptors (Lipinski definition) is 3. The SMILES string of the molecule is CCNC(C)C(C)(C)CN1CCCC(O)C1. The number of rotatable bonds is 5. The number of nitrogens with zero attached hydrogens (tertiary/aromatic N) is 1. The van der Waals surface area contributed by atoms with Crippen molar-refractivity contribution in [1.29, 1.82) is 0 Å². The zero-order chi connectivity index (χ0) is 12.2. The number of aliphatic hydroxyl groups is 1. The van der Waals surface area contributed by atoms with E-state index in [-0.39, 0.29) is 11.5 Å². The molecule has 2 unspecified atom stereocenters. The molecule has 0 aliphatic carbocycles. The van der Waals surface area contributed by atoms with E-state index in [9.17, 15) is 5.11 Å². The summed E-state index contributed by atoms with van der Waals surface area (Å²) in [6.45, 7) is 13.1. The van der Waals surface area contributed by atoms with Gasteiger partial charge in [0.2, 0.25) is 0 Å². The molecular weight excluding hydrogens is 200 g/mol. The highest BCUT2D eigenvalue weighted by Gasteiger charge is 2.29. The van der Waals surface area contributed by atoms with Crippen molar-refractivity contribution < 1.29 is 5.11 Å². The van der Waals surface area contributed by atoms with Gasteiger partial charge in [-0.05, 0) is 38.3 Å². The van der Waals surface area contributed by atoms with E-state index in [2.05, 4.69) is 37.9 Å². The zero-order valence-electron chi connectivity index (χ0n) is 11.3. The fraction of sp³-hybridized carbons (Fsp3) is 1.00. The number of β-amino-alcohol motifs (C(OH)–C–C–N with tert-alkyl or cyclic N) is 1. The van der Waals surface area contributed by atoms with Crippen molar-refractivity contribution in [2.75, 3.05) is 26.2 Å². The third-order valence-corrected chi connectivity index (χ3v) is 3.79. The molecule has 0 bridgehead atoms. The second-order valence-electron chi connectivity index (χ2n) is 5.80. The van der Waals surface area contributed by atoms with Crippen LogP contribution in [-0.4, -0.2) is 48.3 Å². The second-order valence-corrected chi connectivity index (χ2v) is 5.80. The van der Waals surface area contributed by atoms with Crippen LogP contribution in [0.1, 0.15) is 40.5 Å². The Labute approximate surface area is 100 Å². The van der Waals surface area contributed by atoms with Crippen LogP contribution in [0.25, 0.3) is 0 Å². The molecule has 0 saturated carbocycles. The number of piperidine rings is 1. The molecule has 1 aliphatic rings. The summed E-state index contributed by atoms with van der Waals surface area (Å²) in [6, 6.07) is 0.511. The monoisotopic (exact) mass is 228 g/mol. The molecule has 2 atom stereocenters. The van der Waals surface area contributed by atoms with Crippen molar-refractivity contribution >= 4 is 0 Å².